The number of hydrogen-bond acceptors (Lipinski definition) is 4. The van der Waals surface area contributed by atoms with Crippen LogP contribution >= 0.6 is 0 Å². The van der Waals surface area contributed by atoms with Gasteiger partial charge in [-0.25, -0.2) is 4.79 Å². The molecule has 1 aliphatic heterocycles. The van der Waals surface area contributed by atoms with Gasteiger partial charge in [0.2, 0.25) is 11.7 Å². The molecule has 0 bridgehead atoms. The second kappa shape index (κ2) is 5.77. The number of fused-ring (bicyclic) bond motifs is 1. The highest BCUT2D eigenvalue weighted by molar-refractivity contribution is 6.08. The second-order valence-electron chi connectivity index (χ2n) is 6.47. The molecular weight excluding hydrogens is 324 g/mol. The Morgan fingerprint density at radius 2 is 1.96 bits per heavy atom. The Labute approximate surface area is 144 Å². The minimum absolute atomic E-state index is 0.0168. The number of aromatic carboxylic acids is 1. The van der Waals surface area contributed by atoms with E-state index in [1.165, 1.54) is 12.1 Å². The number of carbonyl (C=O) groups excluding carboxylic acids is 2. The summed E-state index contributed by atoms with van der Waals surface area (Å²) in [5.74, 6) is -1.33. The van der Waals surface area contributed by atoms with E-state index in [-0.39, 0.29) is 24.1 Å². The van der Waals surface area contributed by atoms with Crippen LogP contribution in [0.4, 0.5) is 5.69 Å². The van der Waals surface area contributed by atoms with Crippen molar-refractivity contribution in [1.82, 2.24) is 5.32 Å². The van der Waals surface area contributed by atoms with Crippen LogP contribution in [0.1, 0.15) is 46.1 Å². The Morgan fingerprint density at radius 3 is 2.60 bits per heavy atom. The van der Waals surface area contributed by atoms with Crippen molar-refractivity contribution in [3.8, 4) is 0 Å². The molecule has 0 aliphatic carbocycles. The highest BCUT2D eigenvalue weighted by Crippen LogP contribution is 2.40. The van der Waals surface area contributed by atoms with Crippen LogP contribution in [0.25, 0.3) is 0 Å². The molecule has 1 aromatic carbocycles. The Balaban J connectivity index is 1.76. The van der Waals surface area contributed by atoms with Crippen molar-refractivity contribution in [2.45, 2.75) is 25.8 Å². The third-order valence-electron chi connectivity index (χ3n) is 4.43. The van der Waals surface area contributed by atoms with Gasteiger partial charge in [0.1, 0.15) is 5.76 Å². The molecule has 0 radical (unpaired) electrons. The van der Waals surface area contributed by atoms with Crippen molar-refractivity contribution in [2.24, 2.45) is 0 Å². The highest BCUT2D eigenvalue weighted by Gasteiger charge is 2.42. The number of carbonyl (C=O) groups is 3. The van der Waals surface area contributed by atoms with Crippen LogP contribution < -0.4 is 10.2 Å². The molecule has 2 N–H and O–H groups in total. The lowest BCUT2D eigenvalue weighted by atomic mass is 9.85. The lowest BCUT2D eigenvalue weighted by Gasteiger charge is -2.16. The number of hydrogen-bond donors (Lipinski definition) is 2. The minimum atomic E-state index is -1.16. The summed E-state index contributed by atoms with van der Waals surface area (Å²) in [4.78, 5) is 37.0. The van der Waals surface area contributed by atoms with Crippen LogP contribution in [0, 0.1) is 0 Å². The molecule has 2 amide bonds. The van der Waals surface area contributed by atoms with Crippen molar-refractivity contribution in [2.75, 3.05) is 11.9 Å². The van der Waals surface area contributed by atoms with E-state index >= 15 is 0 Å². The van der Waals surface area contributed by atoms with Gasteiger partial charge >= 0.3 is 5.97 Å². The zero-order chi connectivity index (χ0) is 18.4. The summed E-state index contributed by atoms with van der Waals surface area (Å²) in [7, 11) is 1.71. The normalized spacial score (nSPS) is 15.2. The number of carboxylic acid groups (broad SMARTS) is 1. The first kappa shape index (κ1) is 16.8. The molecule has 7 nitrogen and oxygen atoms in total. The Kier molecular flexibility index (Phi) is 3.87. The Hall–Kier alpha value is -3.09. The van der Waals surface area contributed by atoms with Crippen molar-refractivity contribution in [3.05, 3.63) is 53.0 Å². The predicted molar refractivity (Wildman–Crippen MR) is 89.7 cm³/mol. The summed E-state index contributed by atoms with van der Waals surface area (Å²) >= 11 is 0. The smallest absolute Gasteiger partial charge is 0.371 e. The average Bonchev–Trinajstić information content (AvgIpc) is 3.12. The van der Waals surface area contributed by atoms with Crippen molar-refractivity contribution in [3.63, 3.8) is 0 Å². The molecule has 1 aliphatic rings. The Morgan fingerprint density at radius 1 is 1.24 bits per heavy atom. The monoisotopic (exact) mass is 342 g/mol. The summed E-state index contributed by atoms with van der Waals surface area (Å²) < 4.78 is 5.10. The number of rotatable bonds is 4. The number of nitrogens with zero attached hydrogens (tertiary/aromatic N) is 1. The molecule has 25 heavy (non-hydrogen) atoms. The van der Waals surface area contributed by atoms with Gasteiger partial charge in [-0.1, -0.05) is 0 Å². The molecule has 3 rings (SSSR count). The molecule has 0 saturated carbocycles. The van der Waals surface area contributed by atoms with Gasteiger partial charge in [0.05, 0.1) is 12.0 Å². The van der Waals surface area contributed by atoms with Crippen LogP contribution in [0.2, 0.25) is 0 Å². The standard InChI is InChI=1S/C18H18N2O5/c1-18(2)12-8-10(4-6-13(12)20(3)17(18)24)15(21)19-9-11-5-7-14(25-11)16(22)23/h4-8H,9H2,1-3H3,(H,19,21)(H,22,23). The molecule has 2 aromatic rings. The maximum Gasteiger partial charge on any atom is 0.371 e. The predicted octanol–water partition coefficient (Wildman–Crippen LogP) is 2.16. The minimum Gasteiger partial charge on any atom is -0.475 e. The molecule has 2 heterocycles. The molecule has 0 fully saturated rings. The molecule has 0 unspecified atom stereocenters. The summed E-state index contributed by atoms with van der Waals surface area (Å²) in [6, 6.07) is 7.97. The maximum absolute atomic E-state index is 12.4. The zero-order valence-corrected chi connectivity index (χ0v) is 14.1. The number of carboxylic acids is 1. The average molecular weight is 342 g/mol. The zero-order valence-electron chi connectivity index (χ0n) is 14.1. The fourth-order valence-corrected chi connectivity index (χ4v) is 2.97. The number of furan rings is 1. The van der Waals surface area contributed by atoms with Crippen LogP contribution in [-0.2, 0) is 16.8 Å². The number of likely N-dealkylation sites (N-methyl/N-ethyl adjacent to an activating group) is 1. The van der Waals surface area contributed by atoms with E-state index in [2.05, 4.69) is 5.32 Å². The molecule has 7 heteroatoms. The van der Waals surface area contributed by atoms with Crippen LogP contribution in [0.3, 0.4) is 0 Å². The van der Waals surface area contributed by atoms with Gasteiger partial charge in [-0.2, -0.15) is 0 Å². The van der Waals surface area contributed by atoms with E-state index in [4.69, 9.17) is 9.52 Å². The number of amides is 2. The highest BCUT2D eigenvalue weighted by atomic mass is 16.4. The van der Waals surface area contributed by atoms with E-state index < -0.39 is 11.4 Å². The lowest BCUT2D eigenvalue weighted by Crippen LogP contribution is -2.33. The van der Waals surface area contributed by atoms with Crippen LogP contribution in [0.15, 0.2) is 34.7 Å². The van der Waals surface area contributed by atoms with Gasteiger partial charge < -0.3 is 19.7 Å². The fourth-order valence-electron chi connectivity index (χ4n) is 2.97. The van der Waals surface area contributed by atoms with Gasteiger partial charge in [-0.3, -0.25) is 9.59 Å². The largest absolute Gasteiger partial charge is 0.475 e. The first-order chi connectivity index (χ1) is 11.7. The molecular formula is C18H18N2O5. The maximum atomic E-state index is 12.4. The lowest BCUT2D eigenvalue weighted by molar-refractivity contribution is -0.121. The third-order valence-corrected chi connectivity index (χ3v) is 4.43. The van der Waals surface area contributed by atoms with Crippen molar-refractivity contribution in [1.29, 1.82) is 0 Å². The topological polar surface area (TPSA) is 99.9 Å². The van der Waals surface area contributed by atoms with Crippen LogP contribution in [0.5, 0.6) is 0 Å². The number of anilines is 1. The summed E-state index contributed by atoms with van der Waals surface area (Å²) in [6.45, 7) is 3.73. The van der Waals surface area contributed by atoms with Gasteiger partial charge in [0.25, 0.3) is 5.91 Å². The van der Waals surface area contributed by atoms with E-state index in [0.717, 1.165) is 11.3 Å². The Bertz CT molecular complexity index is 881. The summed E-state index contributed by atoms with van der Waals surface area (Å²) in [6.07, 6.45) is 0. The quantitative estimate of drug-likeness (QED) is 0.887. The van der Waals surface area contributed by atoms with E-state index in [0.29, 0.717) is 11.3 Å². The van der Waals surface area contributed by atoms with E-state index in [1.807, 2.05) is 13.8 Å². The van der Waals surface area contributed by atoms with Gasteiger partial charge in [-0.05, 0) is 49.7 Å². The van der Waals surface area contributed by atoms with Gasteiger partial charge in [-0.15, -0.1) is 0 Å². The molecule has 0 spiro atoms. The summed E-state index contributed by atoms with van der Waals surface area (Å²) in [5.41, 5.74) is 1.35. The first-order valence-electron chi connectivity index (χ1n) is 7.74. The fraction of sp³-hybridized carbons (Fsp3) is 0.278. The molecule has 0 saturated heterocycles. The van der Waals surface area contributed by atoms with Gasteiger partial charge in [0, 0.05) is 18.3 Å². The van der Waals surface area contributed by atoms with Crippen molar-refractivity contribution >= 4 is 23.5 Å². The van der Waals surface area contributed by atoms with E-state index in [1.54, 1.807) is 30.1 Å². The second-order valence-corrected chi connectivity index (χ2v) is 6.47. The third kappa shape index (κ3) is 2.77. The number of nitrogens with one attached hydrogen (secondary N) is 1. The SMILES string of the molecule is CN1C(=O)C(C)(C)c2cc(C(=O)NCc3ccc(C(=O)O)o3)ccc21. The van der Waals surface area contributed by atoms with Crippen LogP contribution in [-0.4, -0.2) is 29.9 Å². The van der Waals surface area contributed by atoms with Gasteiger partial charge in [0.15, 0.2) is 0 Å². The molecule has 1 aromatic heterocycles. The van der Waals surface area contributed by atoms with Crippen molar-refractivity contribution < 1.29 is 23.9 Å². The van der Waals surface area contributed by atoms with E-state index in [9.17, 15) is 14.4 Å². The molecule has 0 atom stereocenters. The summed E-state index contributed by atoms with van der Waals surface area (Å²) in [5, 5.41) is 11.5. The number of benzene rings is 1. The molecule has 130 valence electrons. The first-order valence-corrected chi connectivity index (χ1v) is 7.74.